The highest BCUT2D eigenvalue weighted by Gasteiger charge is 2.08. The lowest BCUT2D eigenvalue weighted by atomic mass is 10.1. The first-order chi connectivity index (χ1) is 11.5. The van der Waals surface area contributed by atoms with E-state index < -0.39 is 0 Å². The molecule has 0 saturated carbocycles. The second-order valence-electron chi connectivity index (χ2n) is 5.27. The van der Waals surface area contributed by atoms with Crippen molar-refractivity contribution in [2.45, 2.75) is 13.5 Å². The fourth-order valence-electron chi connectivity index (χ4n) is 1.94. The molecule has 0 unspecified atom stereocenters. The molecule has 0 atom stereocenters. The topological polar surface area (TPSA) is 70.2 Å². The van der Waals surface area contributed by atoms with Gasteiger partial charge in [0.1, 0.15) is 0 Å². The van der Waals surface area contributed by atoms with E-state index in [2.05, 4.69) is 16.0 Å². The molecule has 2 aromatic carbocycles. The van der Waals surface area contributed by atoms with Gasteiger partial charge in [-0.25, -0.2) is 0 Å². The lowest BCUT2D eigenvalue weighted by Crippen LogP contribution is -2.43. The van der Waals surface area contributed by atoms with Crippen molar-refractivity contribution in [3.8, 4) is 0 Å². The molecule has 0 fully saturated rings. The van der Waals surface area contributed by atoms with Crippen LogP contribution in [0.25, 0.3) is 0 Å². The van der Waals surface area contributed by atoms with E-state index in [9.17, 15) is 9.59 Å². The Labute approximate surface area is 146 Å². The van der Waals surface area contributed by atoms with Crippen molar-refractivity contribution < 1.29 is 9.59 Å². The van der Waals surface area contributed by atoms with E-state index in [0.717, 1.165) is 5.56 Å². The Hall–Kier alpha value is -2.73. The zero-order valence-electron chi connectivity index (χ0n) is 13.3. The van der Waals surface area contributed by atoms with Crippen LogP contribution < -0.4 is 16.0 Å². The Morgan fingerprint density at radius 2 is 1.62 bits per heavy atom. The minimum absolute atomic E-state index is 0.000234. The van der Waals surface area contributed by atoms with Crippen LogP contribution in [0.2, 0.25) is 0 Å². The summed E-state index contributed by atoms with van der Waals surface area (Å²) in [6.07, 6.45) is 0. The Morgan fingerprint density at radius 1 is 0.958 bits per heavy atom. The van der Waals surface area contributed by atoms with Crippen molar-refractivity contribution in [2.24, 2.45) is 0 Å². The molecule has 0 radical (unpaired) electrons. The predicted octanol–water partition coefficient (Wildman–Crippen LogP) is 1.92. The molecule has 0 heterocycles. The van der Waals surface area contributed by atoms with Crippen LogP contribution in [0, 0.1) is 6.92 Å². The second-order valence-corrected chi connectivity index (χ2v) is 5.67. The molecule has 6 heteroatoms. The van der Waals surface area contributed by atoms with Crippen molar-refractivity contribution in [1.82, 2.24) is 16.0 Å². The van der Waals surface area contributed by atoms with Gasteiger partial charge in [0.2, 0.25) is 5.91 Å². The van der Waals surface area contributed by atoms with Crippen LogP contribution in [0.3, 0.4) is 0 Å². The molecule has 2 rings (SSSR count). The Morgan fingerprint density at radius 3 is 2.29 bits per heavy atom. The lowest BCUT2D eigenvalue weighted by Gasteiger charge is -2.10. The van der Waals surface area contributed by atoms with Gasteiger partial charge in [-0.2, -0.15) is 0 Å². The number of carbonyl (C=O) groups is 2. The van der Waals surface area contributed by atoms with Gasteiger partial charge in [-0.1, -0.05) is 48.0 Å². The van der Waals surface area contributed by atoms with Gasteiger partial charge in [0.15, 0.2) is 5.11 Å². The van der Waals surface area contributed by atoms with Gasteiger partial charge in [0, 0.05) is 12.1 Å². The van der Waals surface area contributed by atoms with E-state index >= 15 is 0 Å². The van der Waals surface area contributed by atoms with Crippen LogP contribution in [-0.2, 0) is 11.3 Å². The quantitative estimate of drug-likeness (QED) is 0.727. The van der Waals surface area contributed by atoms with Crippen LogP contribution in [-0.4, -0.2) is 23.5 Å². The maximum Gasteiger partial charge on any atom is 0.257 e. The number of aryl methyl sites for hydroxylation is 1. The minimum Gasteiger partial charge on any atom is -0.353 e. The average molecular weight is 341 g/mol. The molecule has 0 bridgehead atoms. The molecule has 124 valence electrons. The molecule has 24 heavy (non-hydrogen) atoms. The standard InChI is InChI=1S/C18H19N3O2S/c1-13-7-9-14(10-8-13)11-19-16(22)12-20-18(24)21-17(23)15-5-3-2-4-6-15/h2-10H,11-12H2,1H3,(H,19,22)(H2,20,21,23,24). The smallest absolute Gasteiger partial charge is 0.257 e. The highest BCUT2D eigenvalue weighted by molar-refractivity contribution is 7.80. The van der Waals surface area contributed by atoms with E-state index in [1.54, 1.807) is 24.3 Å². The first-order valence-corrected chi connectivity index (χ1v) is 7.92. The average Bonchev–Trinajstić information content (AvgIpc) is 2.60. The van der Waals surface area contributed by atoms with Gasteiger partial charge in [-0.15, -0.1) is 0 Å². The molecule has 0 aliphatic carbocycles. The maximum absolute atomic E-state index is 11.9. The van der Waals surface area contributed by atoms with Gasteiger partial charge in [-0.05, 0) is 36.8 Å². The molecule has 3 N–H and O–H groups in total. The molecule has 2 amide bonds. The molecular formula is C18H19N3O2S. The van der Waals surface area contributed by atoms with E-state index in [1.807, 2.05) is 37.3 Å². The van der Waals surface area contributed by atoms with Crippen LogP contribution in [0.4, 0.5) is 0 Å². The van der Waals surface area contributed by atoms with Gasteiger partial charge >= 0.3 is 0 Å². The summed E-state index contributed by atoms with van der Waals surface area (Å²) in [6.45, 7) is 2.46. The van der Waals surface area contributed by atoms with Gasteiger partial charge in [0.25, 0.3) is 5.91 Å². The third-order valence-electron chi connectivity index (χ3n) is 3.28. The summed E-state index contributed by atoms with van der Waals surface area (Å²) in [5.74, 6) is -0.514. The van der Waals surface area contributed by atoms with E-state index in [1.165, 1.54) is 5.56 Å². The fraction of sp³-hybridized carbons (Fsp3) is 0.167. The van der Waals surface area contributed by atoms with Crippen molar-refractivity contribution in [1.29, 1.82) is 0 Å². The largest absolute Gasteiger partial charge is 0.353 e. The van der Waals surface area contributed by atoms with Crippen LogP contribution in [0.15, 0.2) is 54.6 Å². The molecular weight excluding hydrogens is 322 g/mol. The molecule has 0 spiro atoms. The molecule has 5 nitrogen and oxygen atoms in total. The monoisotopic (exact) mass is 341 g/mol. The van der Waals surface area contributed by atoms with Gasteiger partial charge in [0.05, 0.1) is 6.54 Å². The van der Waals surface area contributed by atoms with Crippen LogP contribution in [0.5, 0.6) is 0 Å². The molecule has 0 aliphatic heterocycles. The second kappa shape index (κ2) is 8.79. The number of benzene rings is 2. The third kappa shape index (κ3) is 5.81. The van der Waals surface area contributed by atoms with Crippen LogP contribution in [0.1, 0.15) is 21.5 Å². The van der Waals surface area contributed by atoms with Crippen molar-refractivity contribution >= 4 is 29.1 Å². The summed E-state index contributed by atoms with van der Waals surface area (Å²) in [4.78, 5) is 23.7. The summed E-state index contributed by atoms with van der Waals surface area (Å²) < 4.78 is 0. The number of nitrogens with one attached hydrogen (secondary N) is 3. The predicted molar refractivity (Wildman–Crippen MR) is 97.5 cm³/mol. The highest BCUT2D eigenvalue weighted by atomic mass is 32.1. The number of hydrogen-bond donors (Lipinski definition) is 3. The van der Waals surface area contributed by atoms with Crippen molar-refractivity contribution in [3.63, 3.8) is 0 Å². The maximum atomic E-state index is 11.9. The van der Waals surface area contributed by atoms with Crippen molar-refractivity contribution in [3.05, 3.63) is 71.3 Å². The fourth-order valence-corrected chi connectivity index (χ4v) is 2.10. The zero-order chi connectivity index (χ0) is 17.4. The number of carbonyl (C=O) groups excluding carboxylic acids is 2. The number of thiocarbonyl (C=S) groups is 1. The summed E-state index contributed by atoms with van der Waals surface area (Å²) in [6, 6.07) is 16.7. The van der Waals surface area contributed by atoms with Gasteiger partial charge < -0.3 is 10.6 Å². The van der Waals surface area contributed by atoms with Crippen molar-refractivity contribution in [2.75, 3.05) is 6.54 Å². The minimum atomic E-state index is -0.312. The first-order valence-electron chi connectivity index (χ1n) is 7.51. The summed E-state index contributed by atoms with van der Waals surface area (Å²) >= 11 is 5.02. The third-order valence-corrected chi connectivity index (χ3v) is 3.53. The highest BCUT2D eigenvalue weighted by Crippen LogP contribution is 2.02. The lowest BCUT2D eigenvalue weighted by molar-refractivity contribution is -0.120. The Bertz CT molecular complexity index is 715. The summed E-state index contributed by atoms with van der Waals surface area (Å²) in [5.41, 5.74) is 2.70. The molecule has 0 aromatic heterocycles. The number of rotatable bonds is 5. The zero-order valence-corrected chi connectivity index (χ0v) is 14.2. The summed E-state index contributed by atoms with van der Waals surface area (Å²) in [7, 11) is 0. The Kier molecular flexibility index (Phi) is 6.45. The molecule has 2 aromatic rings. The van der Waals surface area contributed by atoms with E-state index in [-0.39, 0.29) is 23.5 Å². The van der Waals surface area contributed by atoms with Crippen LogP contribution >= 0.6 is 12.2 Å². The molecule has 0 aliphatic rings. The normalized spacial score (nSPS) is 9.88. The van der Waals surface area contributed by atoms with E-state index in [0.29, 0.717) is 12.1 Å². The SMILES string of the molecule is Cc1ccc(CNC(=O)CNC(=S)NC(=O)c2ccccc2)cc1. The number of hydrogen-bond acceptors (Lipinski definition) is 3. The van der Waals surface area contributed by atoms with E-state index in [4.69, 9.17) is 12.2 Å². The Balaban J connectivity index is 1.70. The first kappa shape index (κ1) is 17.6. The van der Waals surface area contributed by atoms with Gasteiger partial charge in [-0.3, -0.25) is 14.9 Å². The molecule has 0 saturated heterocycles. The summed E-state index contributed by atoms with van der Waals surface area (Å²) in [5, 5.41) is 8.15. The number of amides is 2.